The lowest BCUT2D eigenvalue weighted by Gasteiger charge is -2.25. The van der Waals surface area contributed by atoms with Crippen LogP contribution in [-0.4, -0.2) is 47.5 Å². The third kappa shape index (κ3) is 5.84. The van der Waals surface area contributed by atoms with Crippen LogP contribution in [0.1, 0.15) is 45.7 Å². The smallest absolute Gasteiger partial charge is 0.257 e. The number of amides is 1. The molecule has 7 heteroatoms. The Morgan fingerprint density at radius 2 is 1.82 bits per heavy atom. The van der Waals surface area contributed by atoms with Gasteiger partial charge in [-0.2, -0.15) is 0 Å². The number of hydrogen-bond acceptors (Lipinski definition) is 5. The van der Waals surface area contributed by atoms with Crippen molar-refractivity contribution >= 4 is 34.9 Å². The zero-order chi connectivity index (χ0) is 22.5. The van der Waals surface area contributed by atoms with E-state index in [4.69, 9.17) is 11.6 Å². The molecule has 0 bridgehead atoms. The van der Waals surface area contributed by atoms with Crippen LogP contribution in [0.2, 0.25) is 5.02 Å². The fourth-order valence-electron chi connectivity index (χ4n) is 3.64. The summed E-state index contributed by atoms with van der Waals surface area (Å²) in [6.45, 7) is 1.80. The fraction of sp³-hybridized carbons (Fsp3) is 0.231. The molecule has 1 aromatic heterocycles. The van der Waals surface area contributed by atoms with E-state index in [9.17, 15) is 9.59 Å². The van der Waals surface area contributed by atoms with Crippen molar-refractivity contribution in [3.63, 3.8) is 0 Å². The van der Waals surface area contributed by atoms with Gasteiger partial charge in [0, 0.05) is 49.4 Å². The molecule has 1 aliphatic heterocycles. The summed E-state index contributed by atoms with van der Waals surface area (Å²) < 4.78 is 0. The van der Waals surface area contributed by atoms with Gasteiger partial charge in [0.25, 0.3) is 5.91 Å². The van der Waals surface area contributed by atoms with Gasteiger partial charge >= 0.3 is 0 Å². The number of rotatable bonds is 6. The number of nitrogens with one attached hydrogen (secondary N) is 1. The average molecular weight is 463 g/mol. The number of carbonyl (C=O) groups is 2. The third-order valence-corrected chi connectivity index (χ3v) is 5.55. The zero-order valence-electron chi connectivity index (χ0n) is 17.7. The number of aromatic nitrogens is 1. The lowest BCUT2D eigenvalue weighted by molar-refractivity contribution is 0.0992. The summed E-state index contributed by atoms with van der Waals surface area (Å²) in [6.07, 6.45) is 2.64. The predicted octanol–water partition coefficient (Wildman–Crippen LogP) is 5.13. The van der Waals surface area contributed by atoms with E-state index in [1.54, 1.807) is 30.3 Å². The summed E-state index contributed by atoms with van der Waals surface area (Å²) in [5, 5.41) is 3.24. The number of carbonyl (C=O) groups excluding carboxylic acids is 2. The minimum absolute atomic E-state index is 0. The minimum Gasteiger partial charge on any atom is -0.359 e. The number of halogens is 1. The lowest BCUT2D eigenvalue weighted by atomic mass is 9.97. The maximum atomic E-state index is 12.9. The lowest BCUT2D eigenvalue weighted by Crippen LogP contribution is -2.32. The number of nitrogens with zero attached hydrogens (tertiary/aromatic N) is 3. The Bertz CT molecular complexity index is 1160. The van der Waals surface area contributed by atoms with E-state index in [0.29, 0.717) is 27.5 Å². The van der Waals surface area contributed by atoms with E-state index in [2.05, 4.69) is 20.2 Å². The van der Waals surface area contributed by atoms with E-state index >= 15 is 0 Å². The van der Waals surface area contributed by atoms with Gasteiger partial charge in [0.05, 0.1) is 5.02 Å². The molecule has 1 amide bonds. The summed E-state index contributed by atoms with van der Waals surface area (Å²) in [6, 6.07) is 17.9. The summed E-state index contributed by atoms with van der Waals surface area (Å²) in [4.78, 5) is 36.5. The topological polar surface area (TPSA) is 74.7 Å². The molecular weight excluding hydrogens is 436 g/mol. The normalized spacial score (nSPS) is 13.0. The molecule has 0 saturated carbocycles. The first-order valence-electron chi connectivity index (χ1n) is 10.4. The second-order valence-electron chi connectivity index (χ2n) is 7.63. The molecule has 0 aliphatic carbocycles. The van der Waals surface area contributed by atoms with Gasteiger partial charge in [0.15, 0.2) is 5.78 Å². The van der Waals surface area contributed by atoms with Crippen LogP contribution < -0.4 is 5.32 Å². The average Bonchev–Trinajstić information content (AvgIpc) is 2.81. The van der Waals surface area contributed by atoms with E-state index in [1.165, 1.54) is 6.20 Å². The van der Waals surface area contributed by atoms with Crippen molar-refractivity contribution in [3.8, 4) is 0 Å². The molecule has 1 N–H and O–H groups in total. The van der Waals surface area contributed by atoms with Gasteiger partial charge in [0.2, 0.25) is 0 Å². The minimum atomic E-state index is -0.322. The molecular formula is C26H27ClN4O2. The summed E-state index contributed by atoms with van der Waals surface area (Å²) in [5.74, 6) is 0.970. The molecule has 0 radical (unpaired) electrons. The monoisotopic (exact) mass is 462 g/mol. The van der Waals surface area contributed by atoms with Crippen molar-refractivity contribution in [2.75, 3.05) is 25.5 Å². The third-order valence-electron chi connectivity index (χ3n) is 5.32. The first kappa shape index (κ1) is 24.1. The molecule has 0 unspecified atom stereocenters. The standard InChI is InChI=1S/C25H23ClN4O2.CH4/c1-30-14-4-13-27-24(30)18-9-7-17(8-10-18)22(31)15-19-5-2-3-6-21(19)25(32)29-23-12-11-20(26)16-28-23;/h2-3,5-12,16H,4,13-15H2,1H3,(H,28,29,32);1H4. The van der Waals surface area contributed by atoms with Gasteiger partial charge in [-0.05, 0) is 30.2 Å². The highest BCUT2D eigenvalue weighted by atomic mass is 35.5. The van der Waals surface area contributed by atoms with Crippen LogP contribution in [0.5, 0.6) is 0 Å². The molecule has 3 aromatic rings. The fourth-order valence-corrected chi connectivity index (χ4v) is 3.75. The molecule has 6 nitrogen and oxygen atoms in total. The Morgan fingerprint density at radius 3 is 2.52 bits per heavy atom. The van der Waals surface area contributed by atoms with Crippen molar-refractivity contribution in [2.45, 2.75) is 20.3 Å². The maximum Gasteiger partial charge on any atom is 0.257 e. The van der Waals surface area contributed by atoms with Crippen LogP contribution in [0.3, 0.4) is 0 Å². The Hall–Kier alpha value is -3.51. The zero-order valence-corrected chi connectivity index (χ0v) is 18.5. The highest BCUT2D eigenvalue weighted by Crippen LogP contribution is 2.17. The Morgan fingerprint density at radius 1 is 1.06 bits per heavy atom. The quantitative estimate of drug-likeness (QED) is 0.515. The van der Waals surface area contributed by atoms with Gasteiger partial charge in [0.1, 0.15) is 11.7 Å². The van der Waals surface area contributed by atoms with Crippen LogP contribution >= 0.6 is 11.6 Å². The van der Waals surface area contributed by atoms with E-state index in [-0.39, 0.29) is 25.5 Å². The number of anilines is 1. The Balaban J connectivity index is 0.00000306. The van der Waals surface area contributed by atoms with E-state index in [1.807, 2.05) is 37.4 Å². The SMILES string of the molecule is C.CN1CCCN=C1c1ccc(C(=O)Cc2ccccc2C(=O)Nc2ccc(Cl)cn2)cc1. The Kier molecular flexibility index (Phi) is 7.96. The largest absolute Gasteiger partial charge is 0.359 e. The number of aliphatic imine (C=N–C) groups is 1. The van der Waals surface area contributed by atoms with E-state index < -0.39 is 0 Å². The van der Waals surface area contributed by atoms with Gasteiger partial charge < -0.3 is 10.2 Å². The summed E-state index contributed by atoms with van der Waals surface area (Å²) >= 11 is 5.85. The molecule has 0 spiro atoms. The molecule has 2 heterocycles. The first-order valence-corrected chi connectivity index (χ1v) is 10.8. The van der Waals surface area contributed by atoms with Gasteiger partial charge in [-0.3, -0.25) is 14.6 Å². The molecule has 1 aliphatic rings. The Labute approximate surface area is 199 Å². The number of hydrogen-bond donors (Lipinski definition) is 1. The number of amidine groups is 1. The van der Waals surface area contributed by atoms with Crippen molar-refractivity contribution in [3.05, 3.63) is 94.1 Å². The number of ketones is 1. The van der Waals surface area contributed by atoms with Crippen LogP contribution in [0.4, 0.5) is 5.82 Å². The molecule has 0 atom stereocenters. The van der Waals surface area contributed by atoms with Crippen molar-refractivity contribution in [1.82, 2.24) is 9.88 Å². The molecule has 4 rings (SSSR count). The van der Waals surface area contributed by atoms with E-state index in [0.717, 1.165) is 30.9 Å². The molecule has 33 heavy (non-hydrogen) atoms. The van der Waals surface area contributed by atoms with Gasteiger partial charge in [-0.1, -0.05) is 61.5 Å². The van der Waals surface area contributed by atoms with Crippen LogP contribution in [0.15, 0.2) is 71.9 Å². The first-order chi connectivity index (χ1) is 15.5. The second-order valence-corrected chi connectivity index (χ2v) is 8.07. The van der Waals surface area contributed by atoms with Gasteiger partial charge in [-0.15, -0.1) is 0 Å². The highest BCUT2D eigenvalue weighted by Gasteiger charge is 2.17. The van der Waals surface area contributed by atoms with Gasteiger partial charge in [-0.25, -0.2) is 4.98 Å². The van der Waals surface area contributed by atoms with Crippen molar-refractivity contribution in [2.24, 2.45) is 4.99 Å². The van der Waals surface area contributed by atoms with Crippen LogP contribution in [-0.2, 0) is 6.42 Å². The molecule has 0 saturated heterocycles. The number of benzene rings is 2. The molecule has 0 fully saturated rings. The summed E-state index contributed by atoms with van der Waals surface area (Å²) in [5.41, 5.74) is 2.69. The van der Waals surface area contributed by atoms with Crippen molar-refractivity contribution in [1.29, 1.82) is 0 Å². The van der Waals surface area contributed by atoms with Crippen molar-refractivity contribution < 1.29 is 9.59 Å². The number of pyridine rings is 1. The summed E-state index contributed by atoms with van der Waals surface area (Å²) in [7, 11) is 2.03. The highest BCUT2D eigenvalue weighted by molar-refractivity contribution is 6.30. The number of Topliss-reactive ketones (excluding diaryl/α,β-unsaturated/α-hetero) is 1. The van der Waals surface area contributed by atoms with Crippen LogP contribution in [0, 0.1) is 0 Å². The molecule has 170 valence electrons. The maximum absolute atomic E-state index is 12.9. The predicted molar refractivity (Wildman–Crippen MR) is 134 cm³/mol. The van der Waals surface area contributed by atoms with Crippen LogP contribution in [0.25, 0.3) is 0 Å². The molecule has 2 aromatic carbocycles. The second kappa shape index (κ2) is 10.9.